The summed E-state index contributed by atoms with van der Waals surface area (Å²) in [6.07, 6.45) is 0. The number of ether oxygens (including phenoxy) is 3. The largest absolute Gasteiger partial charge is 0.495 e. The lowest BCUT2D eigenvalue weighted by molar-refractivity contribution is -0.384. The van der Waals surface area contributed by atoms with Crippen molar-refractivity contribution in [2.24, 2.45) is 0 Å². The molecule has 0 radical (unpaired) electrons. The van der Waals surface area contributed by atoms with E-state index in [9.17, 15) is 14.9 Å². The molecule has 0 unspecified atom stereocenters. The van der Waals surface area contributed by atoms with E-state index in [2.05, 4.69) is 10.3 Å². The van der Waals surface area contributed by atoms with Crippen molar-refractivity contribution in [3.05, 3.63) is 46.0 Å². The molecule has 0 spiro atoms. The number of amides is 1. The maximum absolute atomic E-state index is 12.8. The van der Waals surface area contributed by atoms with E-state index in [4.69, 9.17) is 14.2 Å². The number of nitro benzene ring substituents is 1. The van der Waals surface area contributed by atoms with Gasteiger partial charge in [-0.25, -0.2) is 4.98 Å². The van der Waals surface area contributed by atoms with Gasteiger partial charge in [-0.15, -0.1) is 0 Å². The average molecular weight is 444 g/mol. The number of rotatable bonds is 6. The fraction of sp³-hybridized carbons (Fsp3) is 0.300. The van der Waals surface area contributed by atoms with Crippen LogP contribution in [0.5, 0.6) is 11.5 Å². The van der Waals surface area contributed by atoms with Crippen molar-refractivity contribution < 1.29 is 23.9 Å². The molecule has 0 bridgehead atoms. The summed E-state index contributed by atoms with van der Waals surface area (Å²) < 4.78 is 16.7. The molecule has 2 heterocycles. The lowest BCUT2D eigenvalue weighted by Gasteiger charge is -2.28. The maximum atomic E-state index is 12.8. The molecule has 31 heavy (non-hydrogen) atoms. The van der Waals surface area contributed by atoms with Gasteiger partial charge in [0.15, 0.2) is 5.13 Å². The monoisotopic (exact) mass is 444 g/mol. The number of fused-ring (bicyclic) bond motifs is 1. The molecule has 1 amide bonds. The molecule has 162 valence electrons. The van der Waals surface area contributed by atoms with Crippen molar-refractivity contribution in [1.29, 1.82) is 0 Å². The molecule has 0 saturated carbocycles. The zero-order valence-electron chi connectivity index (χ0n) is 16.9. The third-order valence-corrected chi connectivity index (χ3v) is 5.90. The fourth-order valence-electron chi connectivity index (χ4n) is 3.39. The SMILES string of the molecule is COc1ccc(OC)c2sc(NC(=O)c3ccc(N4CCOCC4)c([N+](=O)[O-])c3)nc12. The lowest BCUT2D eigenvalue weighted by Crippen LogP contribution is -2.36. The second-order valence-electron chi connectivity index (χ2n) is 6.68. The molecule has 1 fully saturated rings. The molecule has 4 rings (SSSR count). The van der Waals surface area contributed by atoms with Crippen molar-refractivity contribution in [2.45, 2.75) is 0 Å². The van der Waals surface area contributed by atoms with Gasteiger partial charge in [-0.05, 0) is 24.3 Å². The van der Waals surface area contributed by atoms with Gasteiger partial charge in [0.2, 0.25) is 0 Å². The Morgan fingerprint density at radius 2 is 1.90 bits per heavy atom. The van der Waals surface area contributed by atoms with Gasteiger partial charge in [-0.2, -0.15) is 0 Å². The van der Waals surface area contributed by atoms with Gasteiger partial charge in [-0.1, -0.05) is 11.3 Å². The Balaban J connectivity index is 1.62. The topological polar surface area (TPSA) is 116 Å². The van der Waals surface area contributed by atoms with E-state index in [0.717, 1.165) is 4.70 Å². The second-order valence-corrected chi connectivity index (χ2v) is 7.68. The summed E-state index contributed by atoms with van der Waals surface area (Å²) in [6.45, 7) is 2.12. The van der Waals surface area contributed by atoms with Crippen LogP contribution in [0, 0.1) is 10.1 Å². The zero-order chi connectivity index (χ0) is 22.0. The van der Waals surface area contributed by atoms with Crippen molar-refractivity contribution in [3.63, 3.8) is 0 Å². The van der Waals surface area contributed by atoms with Crippen molar-refractivity contribution in [2.75, 3.05) is 50.7 Å². The highest BCUT2D eigenvalue weighted by atomic mass is 32.1. The van der Waals surface area contributed by atoms with E-state index in [1.54, 1.807) is 31.4 Å². The summed E-state index contributed by atoms with van der Waals surface area (Å²) in [5.41, 5.74) is 1.08. The van der Waals surface area contributed by atoms with Crippen LogP contribution in [0.2, 0.25) is 0 Å². The molecule has 11 heteroatoms. The average Bonchev–Trinajstić information content (AvgIpc) is 3.22. The van der Waals surface area contributed by atoms with Crippen LogP contribution in [0.25, 0.3) is 10.2 Å². The Morgan fingerprint density at radius 3 is 2.58 bits per heavy atom. The number of thiazole rings is 1. The van der Waals surface area contributed by atoms with E-state index in [0.29, 0.717) is 54.1 Å². The van der Waals surface area contributed by atoms with Crippen molar-refractivity contribution >= 4 is 44.0 Å². The minimum Gasteiger partial charge on any atom is -0.495 e. The second kappa shape index (κ2) is 8.74. The van der Waals surface area contributed by atoms with E-state index < -0.39 is 10.8 Å². The molecule has 3 aromatic rings. The Bertz CT molecular complexity index is 1100. The van der Waals surface area contributed by atoms with Gasteiger partial charge in [0.05, 0.1) is 32.4 Å². The molecule has 2 aromatic carbocycles. The summed E-state index contributed by atoms with van der Waals surface area (Å²) >= 11 is 1.23. The van der Waals surface area contributed by atoms with E-state index in [1.165, 1.54) is 24.5 Å². The van der Waals surface area contributed by atoms with Crippen LogP contribution >= 0.6 is 11.3 Å². The molecule has 10 nitrogen and oxygen atoms in total. The number of anilines is 2. The van der Waals surface area contributed by atoms with Crippen LogP contribution < -0.4 is 19.7 Å². The number of benzene rings is 2. The Morgan fingerprint density at radius 1 is 1.19 bits per heavy atom. The normalized spacial score (nSPS) is 13.8. The molecule has 0 aliphatic carbocycles. The van der Waals surface area contributed by atoms with Crippen LogP contribution in [0.1, 0.15) is 10.4 Å². The van der Waals surface area contributed by atoms with Gasteiger partial charge >= 0.3 is 0 Å². The van der Waals surface area contributed by atoms with Crippen LogP contribution in [0.15, 0.2) is 30.3 Å². The first kappa shape index (κ1) is 20.8. The lowest BCUT2D eigenvalue weighted by atomic mass is 10.1. The van der Waals surface area contributed by atoms with E-state index in [-0.39, 0.29) is 11.3 Å². The maximum Gasteiger partial charge on any atom is 0.293 e. The first-order valence-corrected chi connectivity index (χ1v) is 10.3. The highest BCUT2D eigenvalue weighted by Gasteiger charge is 2.24. The summed E-state index contributed by atoms with van der Waals surface area (Å²) in [4.78, 5) is 30.3. The fourth-order valence-corrected chi connectivity index (χ4v) is 4.36. The van der Waals surface area contributed by atoms with Gasteiger partial charge in [0, 0.05) is 24.7 Å². The molecule has 1 aromatic heterocycles. The summed E-state index contributed by atoms with van der Waals surface area (Å²) in [5.74, 6) is 0.672. The Kier molecular flexibility index (Phi) is 5.87. The van der Waals surface area contributed by atoms with Crippen LogP contribution in [-0.4, -0.2) is 56.3 Å². The molecular weight excluding hydrogens is 424 g/mol. The molecule has 1 aliphatic heterocycles. The third-order valence-electron chi connectivity index (χ3n) is 4.92. The van der Waals surface area contributed by atoms with E-state index in [1.807, 2.05) is 4.90 Å². The molecule has 1 N–H and O–H groups in total. The van der Waals surface area contributed by atoms with Gasteiger partial charge in [0.25, 0.3) is 11.6 Å². The number of nitrogens with one attached hydrogen (secondary N) is 1. The van der Waals surface area contributed by atoms with Crippen LogP contribution in [0.3, 0.4) is 0 Å². The van der Waals surface area contributed by atoms with Crippen molar-refractivity contribution in [1.82, 2.24) is 4.98 Å². The number of carbonyl (C=O) groups is 1. The smallest absolute Gasteiger partial charge is 0.293 e. The molecular formula is C20H20N4O6S. The summed E-state index contributed by atoms with van der Waals surface area (Å²) in [7, 11) is 3.09. The number of nitrogens with zero attached hydrogens (tertiary/aromatic N) is 3. The molecule has 0 atom stereocenters. The van der Waals surface area contributed by atoms with Crippen LogP contribution in [-0.2, 0) is 4.74 Å². The number of aromatic nitrogens is 1. The minimum atomic E-state index is -0.492. The Hall–Kier alpha value is -3.44. The first-order valence-electron chi connectivity index (χ1n) is 9.46. The number of morpholine rings is 1. The van der Waals surface area contributed by atoms with Gasteiger partial charge < -0.3 is 19.1 Å². The highest BCUT2D eigenvalue weighted by Crippen LogP contribution is 2.39. The van der Waals surface area contributed by atoms with Gasteiger partial charge in [-0.3, -0.25) is 20.2 Å². The zero-order valence-corrected chi connectivity index (χ0v) is 17.7. The number of nitro groups is 1. The standard InChI is InChI=1S/C20H20N4O6S/c1-28-15-5-6-16(29-2)18-17(15)21-20(31-18)22-19(25)12-3-4-13(14(11-12)24(26)27)23-7-9-30-10-8-23/h3-6,11H,7-10H2,1-2H3,(H,21,22,25). The quantitative estimate of drug-likeness (QED) is 0.455. The Labute approximate surface area is 181 Å². The first-order chi connectivity index (χ1) is 15.0. The third kappa shape index (κ3) is 4.09. The number of carbonyl (C=O) groups excluding carboxylic acids is 1. The predicted molar refractivity (Wildman–Crippen MR) is 117 cm³/mol. The number of hydrogen-bond acceptors (Lipinski definition) is 9. The predicted octanol–water partition coefficient (Wildman–Crippen LogP) is 3.31. The summed E-state index contributed by atoms with van der Waals surface area (Å²) in [6, 6.07) is 7.96. The molecule has 1 saturated heterocycles. The van der Waals surface area contributed by atoms with Gasteiger partial charge in [0.1, 0.15) is 27.4 Å². The number of hydrogen-bond donors (Lipinski definition) is 1. The number of methoxy groups -OCH3 is 2. The minimum absolute atomic E-state index is 0.123. The molecule has 1 aliphatic rings. The van der Waals surface area contributed by atoms with Crippen molar-refractivity contribution in [3.8, 4) is 11.5 Å². The van der Waals surface area contributed by atoms with E-state index >= 15 is 0 Å². The summed E-state index contributed by atoms with van der Waals surface area (Å²) in [5, 5.41) is 14.7. The highest BCUT2D eigenvalue weighted by molar-refractivity contribution is 7.22. The van der Waals surface area contributed by atoms with Crippen LogP contribution in [0.4, 0.5) is 16.5 Å².